The molecule has 2 N–H and O–H groups in total. The lowest BCUT2D eigenvalue weighted by molar-refractivity contribution is 0.0926. The van der Waals surface area contributed by atoms with Crippen LogP contribution >= 0.6 is 11.6 Å². The lowest BCUT2D eigenvalue weighted by Gasteiger charge is -2.30. The zero-order chi connectivity index (χ0) is 22.0. The number of aromatic nitrogens is 2. The maximum absolute atomic E-state index is 13.2. The summed E-state index contributed by atoms with van der Waals surface area (Å²) in [5.74, 6) is 1.02. The Morgan fingerprint density at radius 2 is 1.81 bits per heavy atom. The summed E-state index contributed by atoms with van der Waals surface area (Å²) in [6.07, 6.45) is 7.98. The van der Waals surface area contributed by atoms with Crippen molar-refractivity contribution in [3.05, 3.63) is 45.9 Å². The summed E-state index contributed by atoms with van der Waals surface area (Å²) in [5, 5.41) is 6.69. The number of halogens is 2. The topological polar surface area (TPSA) is 70.2 Å². The predicted molar refractivity (Wildman–Crippen MR) is 122 cm³/mol. The van der Waals surface area contributed by atoms with Crippen molar-refractivity contribution in [2.24, 2.45) is 0 Å². The van der Waals surface area contributed by atoms with Gasteiger partial charge in [0.2, 0.25) is 5.95 Å². The van der Waals surface area contributed by atoms with Gasteiger partial charge in [0.05, 0.1) is 16.3 Å². The first kappa shape index (κ1) is 21.8. The molecule has 0 saturated heterocycles. The molecule has 166 valence electrons. The number of benzene rings is 1. The first-order chi connectivity index (χ1) is 14.9. The van der Waals surface area contributed by atoms with Gasteiger partial charge < -0.3 is 15.5 Å². The Kier molecular flexibility index (Phi) is 6.60. The molecule has 1 aromatic carbocycles. The molecule has 6 nitrogen and oxygen atoms in total. The SMILES string of the molecule is CN(C)c1nc(NC2CCC(NC(=O)c3ccc(F)cc3Cl)CC2)nc2c1CCCC2. The van der Waals surface area contributed by atoms with Crippen LogP contribution in [-0.4, -0.2) is 42.1 Å². The lowest BCUT2D eigenvalue weighted by atomic mass is 9.91. The van der Waals surface area contributed by atoms with Crippen molar-refractivity contribution in [3.63, 3.8) is 0 Å². The highest BCUT2D eigenvalue weighted by Crippen LogP contribution is 2.29. The summed E-state index contributed by atoms with van der Waals surface area (Å²) in [6.45, 7) is 0. The smallest absolute Gasteiger partial charge is 0.253 e. The molecule has 2 aliphatic carbocycles. The van der Waals surface area contributed by atoms with Gasteiger partial charge in [-0.1, -0.05) is 11.6 Å². The van der Waals surface area contributed by atoms with E-state index in [9.17, 15) is 9.18 Å². The van der Waals surface area contributed by atoms with Gasteiger partial charge in [-0.3, -0.25) is 4.79 Å². The zero-order valence-electron chi connectivity index (χ0n) is 18.0. The summed E-state index contributed by atoms with van der Waals surface area (Å²) < 4.78 is 13.2. The Morgan fingerprint density at radius 3 is 2.52 bits per heavy atom. The van der Waals surface area contributed by atoms with Crippen molar-refractivity contribution in [2.75, 3.05) is 24.3 Å². The molecule has 1 heterocycles. The summed E-state index contributed by atoms with van der Waals surface area (Å²) in [5.41, 5.74) is 2.76. The Morgan fingerprint density at radius 1 is 1.10 bits per heavy atom. The second-order valence-corrected chi connectivity index (χ2v) is 9.10. The number of fused-ring (bicyclic) bond motifs is 1. The number of hydrogen-bond acceptors (Lipinski definition) is 5. The van der Waals surface area contributed by atoms with Gasteiger partial charge in [0.15, 0.2) is 0 Å². The molecule has 1 aromatic heterocycles. The summed E-state index contributed by atoms with van der Waals surface area (Å²) >= 11 is 6.01. The lowest BCUT2D eigenvalue weighted by Crippen LogP contribution is -2.40. The molecule has 8 heteroatoms. The molecule has 0 spiro atoms. The van der Waals surface area contributed by atoms with Gasteiger partial charge in [-0.2, -0.15) is 4.98 Å². The number of rotatable bonds is 5. The number of nitrogens with zero attached hydrogens (tertiary/aromatic N) is 3. The Hall–Kier alpha value is -2.41. The van der Waals surface area contributed by atoms with Gasteiger partial charge in [-0.15, -0.1) is 0 Å². The summed E-state index contributed by atoms with van der Waals surface area (Å²) in [7, 11) is 4.06. The third-order valence-electron chi connectivity index (χ3n) is 6.16. The van der Waals surface area contributed by atoms with Gasteiger partial charge >= 0.3 is 0 Å². The quantitative estimate of drug-likeness (QED) is 0.715. The van der Waals surface area contributed by atoms with Crippen LogP contribution in [0.1, 0.15) is 60.1 Å². The van der Waals surface area contributed by atoms with E-state index < -0.39 is 5.82 Å². The van der Waals surface area contributed by atoms with Gasteiger partial charge in [-0.25, -0.2) is 9.37 Å². The van der Waals surface area contributed by atoms with E-state index in [1.54, 1.807) is 0 Å². The molecule has 1 amide bonds. The van der Waals surface area contributed by atoms with E-state index in [0.29, 0.717) is 11.5 Å². The number of carbonyl (C=O) groups is 1. The molecule has 0 aliphatic heterocycles. The second-order valence-electron chi connectivity index (χ2n) is 8.69. The van der Waals surface area contributed by atoms with Gasteiger partial charge in [-0.05, 0) is 69.6 Å². The largest absolute Gasteiger partial charge is 0.362 e. The minimum Gasteiger partial charge on any atom is -0.362 e. The fourth-order valence-corrected chi connectivity index (χ4v) is 4.76. The van der Waals surface area contributed by atoms with Crippen LogP contribution < -0.4 is 15.5 Å². The fourth-order valence-electron chi connectivity index (χ4n) is 4.51. The van der Waals surface area contributed by atoms with Gasteiger partial charge in [0.1, 0.15) is 11.6 Å². The van der Waals surface area contributed by atoms with Crippen LogP contribution in [0.5, 0.6) is 0 Å². The Balaban J connectivity index is 1.35. The molecular weight excluding hydrogens is 417 g/mol. The van der Waals surface area contributed by atoms with Crippen molar-refractivity contribution in [2.45, 2.75) is 63.5 Å². The molecule has 31 heavy (non-hydrogen) atoms. The van der Waals surface area contributed by atoms with Crippen molar-refractivity contribution >= 4 is 29.3 Å². The minimum absolute atomic E-state index is 0.0773. The first-order valence-electron chi connectivity index (χ1n) is 11.0. The highest BCUT2D eigenvalue weighted by atomic mass is 35.5. The van der Waals surface area contributed by atoms with Gasteiger partial charge in [0, 0.05) is 31.7 Å². The van der Waals surface area contributed by atoms with Crippen LogP contribution in [0.15, 0.2) is 18.2 Å². The van der Waals surface area contributed by atoms with E-state index in [2.05, 4.69) is 15.5 Å². The third-order valence-corrected chi connectivity index (χ3v) is 6.47. The second kappa shape index (κ2) is 9.39. The van der Waals surface area contributed by atoms with E-state index in [4.69, 9.17) is 21.6 Å². The average Bonchev–Trinajstić information content (AvgIpc) is 2.74. The van der Waals surface area contributed by atoms with Gasteiger partial charge in [0.25, 0.3) is 5.91 Å². The zero-order valence-corrected chi connectivity index (χ0v) is 18.8. The van der Waals surface area contributed by atoms with Crippen LogP contribution in [0.2, 0.25) is 5.02 Å². The normalized spacial score (nSPS) is 20.6. The fraction of sp³-hybridized carbons (Fsp3) is 0.522. The molecule has 0 bridgehead atoms. The first-order valence-corrected chi connectivity index (χ1v) is 11.4. The van der Waals surface area contributed by atoms with Crippen molar-refractivity contribution < 1.29 is 9.18 Å². The van der Waals surface area contributed by atoms with E-state index in [-0.39, 0.29) is 23.0 Å². The average molecular weight is 446 g/mol. The molecule has 1 fully saturated rings. The number of hydrogen-bond donors (Lipinski definition) is 2. The third kappa shape index (κ3) is 5.09. The van der Waals surface area contributed by atoms with Crippen molar-refractivity contribution in [1.29, 1.82) is 0 Å². The van der Waals surface area contributed by atoms with E-state index >= 15 is 0 Å². The van der Waals surface area contributed by atoms with Crippen LogP contribution in [0.25, 0.3) is 0 Å². The molecule has 0 atom stereocenters. The predicted octanol–water partition coefficient (Wildman–Crippen LogP) is 4.37. The number of carbonyl (C=O) groups excluding carboxylic acids is 1. The highest BCUT2D eigenvalue weighted by molar-refractivity contribution is 6.33. The van der Waals surface area contributed by atoms with Crippen LogP contribution in [0, 0.1) is 5.82 Å². The summed E-state index contributed by atoms with van der Waals surface area (Å²) in [6, 6.07) is 4.20. The number of aryl methyl sites for hydroxylation is 1. The van der Waals surface area contributed by atoms with Crippen molar-refractivity contribution in [3.8, 4) is 0 Å². The highest BCUT2D eigenvalue weighted by Gasteiger charge is 2.25. The standard InChI is InChI=1S/C23H29ClFN5O/c1-30(2)21-18-5-3-4-6-20(18)28-23(29-21)27-16-10-8-15(9-11-16)26-22(31)17-12-7-14(25)13-19(17)24/h7,12-13,15-16H,3-6,8-11H2,1-2H3,(H,26,31)(H,27,28,29). The maximum atomic E-state index is 13.2. The van der Waals surface area contributed by atoms with Crippen LogP contribution in [0.4, 0.5) is 16.2 Å². The van der Waals surface area contributed by atoms with E-state index in [1.807, 2.05) is 14.1 Å². The molecule has 0 unspecified atom stereocenters. The molecular formula is C23H29ClFN5O. The van der Waals surface area contributed by atoms with Crippen LogP contribution in [-0.2, 0) is 12.8 Å². The number of nitrogens with one attached hydrogen (secondary N) is 2. The number of amides is 1. The molecule has 1 saturated carbocycles. The molecule has 0 radical (unpaired) electrons. The molecule has 2 aliphatic rings. The summed E-state index contributed by atoms with van der Waals surface area (Å²) in [4.78, 5) is 24.2. The Bertz CT molecular complexity index is 959. The van der Waals surface area contributed by atoms with Crippen LogP contribution in [0.3, 0.4) is 0 Å². The molecule has 2 aromatic rings. The molecule has 4 rings (SSSR count). The Labute approximate surface area is 187 Å². The van der Waals surface area contributed by atoms with E-state index in [0.717, 1.165) is 50.4 Å². The van der Waals surface area contributed by atoms with E-state index in [1.165, 1.54) is 36.2 Å². The number of anilines is 2. The van der Waals surface area contributed by atoms with Crippen molar-refractivity contribution in [1.82, 2.24) is 15.3 Å². The maximum Gasteiger partial charge on any atom is 0.253 e. The monoisotopic (exact) mass is 445 g/mol. The minimum atomic E-state index is -0.449.